The van der Waals surface area contributed by atoms with Gasteiger partial charge in [0, 0.05) is 15.1 Å². The quantitative estimate of drug-likeness (QED) is 0.635. The molecule has 15 heavy (non-hydrogen) atoms. The Kier molecular flexibility index (Phi) is 4.38. The van der Waals surface area contributed by atoms with E-state index in [0.29, 0.717) is 9.13 Å². The summed E-state index contributed by atoms with van der Waals surface area (Å²) in [5.74, 6) is -1.38. The highest BCUT2D eigenvalue weighted by atomic mass is 127. The van der Waals surface area contributed by atoms with E-state index in [1.807, 2.05) is 22.6 Å². The van der Waals surface area contributed by atoms with E-state index in [4.69, 9.17) is 5.11 Å². The van der Waals surface area contributed by atoms with Crippen LogP contribution in [0, 0.1) is 3.57 Å². The van der Waals surface area contributed by atoms with Gasteiger partial charge in [0.25, 0.3) is 6.43 Å². The van der Waals surface area contributed by atoms with Gasteiger partial charge in [0.05, 0.1) is 5.56 Å². The highest BCUT2D eigenvalue weighted by Crippen LogP contribution is 2.27. The molecule has 1 rings (SSSR count). The maximum Gasteiger partial charge on any atom is 0.338 e. The van der Waals surface area contributed by atoms with Crippen LogP contribution in [0.3, 0.4) is 0 Å². The SMILES string of the molecule is O=C(O)c1c(C(F)F)ncc(I)c1CBr. The van der Waals surface area contributed by atoms with Gasteiger partial charge >= 0.3 is 5.97 Å². The topological polar surface area (TPSA) is 50.2 Å². The standard InChI is InChI=1S/C8H5BrF2INO2/c9-1-3-4(12)2-13-6(7(10)11)5(3)8(14)15/h2,7H,1H2,(H,14,15). The molecule has 1 N–H and O–H groups in total. The molecule has 1 heterocycles. The molecule has 0 saturated heterocycles. The molecule has 0 fully saturated rings. The molecule has 0 aliphatic rings. The smallest absolute Gasteiger partial charge is 0.338 e. The van der Waals surface area contributed by atoms with Crippen LogP contribution in [-0.2, 0) is 5.33 Å². The number of rotatable bonds is 3. The fourth-order valence-electron chi connectivity index (χ4n) is 1.08. The van der Waals surface area contributed by atoms with Crippen LogP contribution < -0.4 is 0 Å². The van der Waals surface area contributed by atoms with Gasteiger partial charge in [0.1, 0.15) is 5.69 Å². The van der Waals surface area contributed by atoms with Crippen LogP contribution in [0.15, 0.2) is 6.20 Å². The van der Waals surface area contributed by atoms with Crippen LogP contribution in [0.5, 0.6) is 0 Å². The summed E-state index contributed by atoms with van der Waals surface area (Å²) in [5.41, 5.74) is -0.764. The number of alkyl halides is 3. The number of nitrogens with zero attached hydrogens (tertiary/aromatic N) is 1. The number of aromatic carboxylic acids is 1. The Hall–Kier alpha value is -0.310. The third-order valence-electron chi connectivity index (χ3n) is 1.72. The molecule has 0 radical (unpaired) electrons. The van der Waals surface area contributed by atoms with Crippen molar-refractivity contribution in [2.24, 2.45) is 0 Å². The van der Waals surface area contributed by atoms with Gasteiger partial charge in [-0.3, -0.25) is 4.98 Å². The van der Waals surface area contributed by atoms with E-state index < -0.39 is 23.7 Å². The minimum absolute atomic E-state index is 0.204. The van der Waals surface area contributed by atoms with Gasteiger partial charge in [0.15, 0.2) is 0 Å². The summed E-state index contributed by atoms with van der Waals surface area (Å²) in [5, 5.41) is 9.06. The molecular formula is C8H5BrF2INO2. The van der Waals surface area contributed by atoms with E-state index >= 15 is 0 Å². The zero-order valence-corrected chi connectivity index (χ0v) is 10.9. The lowest BCUT2D eigenvalue weighted by Gasteiger charge is -2.09. The van der Waals surface area contributed by atoms with E-state index in [2.05, 4.69) is 20.9 Å². The number of carboxylic acids is 1. The number of hydrogen-bond acceptors (Lipinski definition) is 2. The molecule has 0 unspecified atom stereocenters. The van der Waals surface area contributed by atoms with Gasteiger partial charge in [-0.2, -0.15) is 0 Å². The van der Waals surface area contributed by atoms with Crippen LogP contribution in [-0.4, -0.2) is 16.1 Å². The molecule has 1 aromatic rings. The van der Waals surface area contributed by atoms with Crippen molar-refractivity contribution < 1.29 is 18.7 Å². The van der Waals surface area contributed by atoms with E-state index in [9.17, 15) is 13.6 Å². The third-order valence-corrected chi connectivity index (χ3v) is 3.21. The van der Waals surface area contributed by atoms with Crippen LogP contribution in [0.4, 0.5) is 8.78 Å². The highest BCUT2D eigenvalue weighted by Gasteiger charge is 2.24. The predicted molar refractivity (Wildman–Crippen MR) is 61.5 cm³/mol. The molecule has 1 aromatic heterocycles. The normalized spacial score (nSPS) is 10.7. The van der Waals surface area contributed by atoms with Gasteiger partial charge in [-0.1, -0.05) is 15.9 Å². The van der Waals surface area contributed by atoms with Crippen molar-refractivity contribution >= 4 is 44.5 Å². The first kappa shape index (κ1) is 12.8. The van der Waals surface area contributed by atoms with Crippen LogP contribution in [0.1, 0.15) is 28.0 Å². The van der Waals surface area contributed by atoms with Crippen molar-refractivity contribution in [1.82, 2.24) is 4.98 Å². The van der Waals surface area contributed by atoms with Crippen LogP contribution >= 0.6 is 38.5 Å². The second kappa shape index (κ2) is 5.15. The first-order chi connectivity index (χ1) is 6.99. The zero-order chi connectivity index (χ0) is 11.6. The minimum Gasteiger partial charge on any atom is -0.478 e. The molecule has 3 nitrogen and oxygen atoms in total. The Morgan fingerprint density at radius 1 is 1.67 bits per heavy atom. The summed E-state index contributed by atoms with van der Waals surface area (Å²) in [6.07, 6.45) is -1.64. The van der Waals surface area contributed by atoms with Crippen molar-refractivity contribution in [1.29, 1.82) is 0 Å². The minimum atomic E-state index is -2.88. The molecule has 0 aliphatic heterocycles. The molecule has 0 bridgehead atoms. The molecule has 0 aliphatic carbocycles. The number of pyridine rings is 1. The van der Waals surface area contributed by atoms with Crippen molar-refractivity contribution in [3.8, 4) is 0 Å². The van der Waals surface area contributed by atoms with Gasteiger partial charge < -0.3 is 5.11 Å². The number of carboxylic acid groups (broad SMARTS) is 1. The summed E-state index contributed by atoms with van der Waals surface area (Å²) in [7, 11) is 0. The summed E-state index contributed by atoms with van der Waals surface area (Å²) < 4.78 is 25.5. The Morgan fingerprint density at radius 3 is 2.67 bits per heavy atom. The fraction of sp³-hybridized carbons (Fsp3) is 0.250. The summed E-state index contributed by atoms with van der Waals surface area (Å²) in [6.45, 7) is 0. The van der Waals surface area contributed by atoms with Gasteiger partial charge in [0.2, 0.25) is 0 Å². The van der Waals surface area contributed by atoms with E-state index in [1.54, 1.807) is 0 Å². The summed E-state index contributed by atoms with van der Waals surface area (Å²) in [6, 6.07) is 0. The average Bonchev–Trinajstić information content (AvgIpc) is 2.16. The lowest BCUT2D eigenvalue weighted by Crippen LogP contribution is -2.10. The van der Waals surface area contributed by atoms with Gasteiger partial charge in [-0.05, 0) is 28.2 Å². The second-order valence-corrected chi connectivity index (χ2v) is 4.31. The zero-order valence-electron chi connectivity index (χ0n) is 7.18. The third kappa shape index (κ3) is 2.63. The maximum atomic E-state index is 12.5. The highest BCUT2D eigenvalue weighted by molar-refractivity contribution is 14.1. The lowest BCUT2D eigenvalue weighted by atomic mass is 10.1. The van der Waals surface area contributed by atoms with E-state index in [1.165, 1.54) is 6.20 Å². The summed E-state index contributed by atoms with van der Waals surface area (Å²) in [4.78, 5) is 14.3. The van der Waals surface area contributed by atoms with Crippen LogP contribution in [0.25, 0.3) is 0 Å². The Balaban J connectivity index is 3.49. The van der Waals surface area contributed by atoms with Gasteiger partial charge in [-0.15, -0.1) is 0 Å². The van der Waals surface area contributed by atoms with Crippen LogP contribution in [0.2, 0.25) is 0 Å². The van der Waals surface area contributed by atoms with E-state index in [0.717, 1.165) is 0 Å². The number of aromatic nitrogens is 1. The molecule has 0 spiro atoms. The van der Waals surface area contributed by atoms with Crippen molar-refractivity contribution in [2.75, 3.05) is 0 Å². The number of halogens is 4. The molecule has 0 saturated carbocycles. The first-order valence-electron chi connectivity index (χ1n) is 3.73. The average molecular weight is 392 g/mol. The predicted octanol–water partition coefficient (Wildman–Crippen LogP) is 3.22. The maximum absolute atomic E-state index is 12.5. The second-order valence-electron chi connectivity index (χ2n) is 2.58. The Morgan fingerprint density at radius 2 is 2.27 bits per heavy atom. The summed E-state index contributed by atoms with van der Waals surface area (Å²) >= 11 is 4.93. The monoisotopic (exact) mass is 391 g/mol. The molecule has 0 amide bonds. The van der Waals surface area contributed by atoms with Crippen molar-refractivity contribution in [3.63, 3.8) is 0 Å². The first-order valence-corrected chi connectivity index (χ1v) is 5.93. The molecule has 7 heteroatoms. The van der Waals surface area contributed by atoms with Gasteiger partial charge in [-0.25, -0.2) is 13.6 Å². The lowest BCUT2D eigenvalue weighted by molar-refractivity contribution is 0.0681. The largest absolute Gasteiger partial charge is 0.478 e. The van der Waals surface area contributed by atoms with Crippen molar-refractivity contribution in [3.05, 3.63) is 26.6 Å². The van der Waals surface area contributed by atoms with Crippen molar-refractivity contribution in [2.45, 2.75) is 11.8 Å². The molecule has 0 atom stereocenters. The molecule has 82 valence electrons. The molecular weight excluding hydrogens is 387 g/mol. The Bertz CT molecular complexity index is 400. The number of carbonyl (C=O) groups is 1. The Labute approximate surface area is 106 Å². The van der Waals surface area contributed by atoms with E-state index in [-0.39, 0.29) is 5.33 Å². The fourth-order valence-corrected chi connectivity index (χ4v) is 2.78. The number of hydrogen-bond donors (Lipinski definition) is 1. The molecule has 0 aromatic carbocycles.